The summed E-state index contributed by atoms with van der Waals surface area (Å²) in [4.78, 5) is 15.3. The van der Waals surface area contributed by atoms with Gasteiger partial charge in [-0.05, 0) is 44.5 Å². The van der Waals surface area contributed by atoms with Crippen molar-refractivity contribution in [2.45, 2.75) is 26.9 Å². The molecule has 0 unspecified atom stereocenters. The van der Waals surface area contributed by atoms with Gasteiger partial charge in [0.05, 0.1) is 11.7 Å². The van der Waals surface area contributed by atoms with Crippen molar-refractivity contribution >= 4 is 40.7 Å². The predicted octanol–water partition coefficient (Wildman–Crippen LogP) is 4.42. The van der Waals surface area contributed by atoms with E-state index in [0.29, 0.717) is 20.8 Å². The molecule has 0 saturated heterocycles. The number of fused-ring (bicyclic) bond motifs is 1. The molecule has 0 amide bonds. The van der Waals surface area contributed by atoms with Crippen molar-refractivity contribution in [3.8, 4) is 0 Å². The third-order valence-corrected chi connectivity index (χ3v) is 3.40. The van der Waals surface area contributed by atoms with E-state index >= 15 is 0 Å². The van der Waals surface area contributed by atoms with E-state index in [-0.39, 0.29) is 12.1 Å². The number of esters is 1. The number of pyridine rings is 1. The van der Waals surface area contributed by atoms with Crippen LogP contribution in [-0.4, -0.2) is 17.1 Å². The highest BCUT2D eigenvalue weighted by atomic mass is 35.5. The van der Waals surface area contributed by atoms with Crippen molar-refractivity contribution < 1.29 is 9.53 Å². The lowest BCUT2D eigenvalue weighted by Gasteiger charge is -2.13. The highest BCUT2D eigenvalue weighted by Gasteiger charge is 2.17. The fourth-order valence-electron chi connectivity index (χ4n) is 1.90. The van der Waals surface area contributed by atoms with Crippen LogP contribution >= 0.6 is 23.8 Å². The van der Waals surface area contributed by atoms with Crippen LogP contribution in [0.3, 0.4) is 0 Å². The molecular weight excluding hydrogens is 282 g/mol. The summed E-state index contributed by atoms with van der Waals surface area (Å²) >= 11 is 11.2. The van der Waals surface area contributed by atoms with Gasteiger partial charge in [-0.15, -0.1) is 0 Å². The van der Waals surface area contributed by atoms with Crippen LogP contribution in [0.2, 0.25) is 5.02 Å². The van der Waals surface area contributed by atoms with Crippen LogP contribution in [0.25, 0.3) is 10.9 Å². The zero-order valence-electron chi connectivity index (χ0n) is 10.9. The van der Waals surface area contributed by atoms with E-state index in [1.165, 1.54) is 0 Å². The largest absolute Gasteiger partial charge is 0.459 e. The Bertz CT molecular complexity index is 706. The second-order valence-electron chi connectivity index (χ2n) is 4.60. The molecule has 100 valence electrons. The Morgan fingerprint density at radius 1 is 1.42 bits per heavy atom. The average Bonchev–Trinajstić information content (AvgIpc) is 2.30. The Hall–Kier alpha value is -1.39. The number of ether oxygens (including phenoxy) is 1. The topological polar surface area (TPSA) is 42.1 Å². The summed E-state index contributed by atoms with van der Waals surface area (Å²) < 4.78 is 5.81. The first-order chi connectivity index (χ1) is 8.90. The molecule has 1 N–H and O–H groups in total. The lowest BCUT2D eigenvalue weighted by Crippen LogP contribution is -2.14. The predicted molar refractivity (Wildman–Crippen MR) is 79.4 cm³/mol. The molecule has 19 heavy (non-hydrogen) atoms. The van der Waals surface area contributed by atoms with Gasteiger partial charge >= 0.3 is 5.97 Å². The molecule has 0 aliphatic rings. The number of aromatic amines is 1. The molecule has 0 fully saturated rings. The number of aromatic nitrogens is 1. The van der Waals surface area contributed by atoms with E-state index < -0.39 is 0 Å². The normalized spacial score (nSPS) is 11.0. The van der Waals surface area contributed by atoms with E-state index in [1.54, 1.807) is 25.1 Å². The van der Waals surface area contributed by atoms with Gasteiger partial charge in [0.25, 0.3) is 0 Å². The summed E-state index contributed by atoms with van der Waals surface area (Å²) in [6.45, 7) is 5.42. The Kier molecular flexibility index (Phi) is 3.92. The number of hydrogen-bond acceptors (Lipinski definition) is 3. The van der Waals surface area contributed by atoms with Crippen LogP contribution in [0.15, 0.2) is 18.2 Å². The number of H-pyrrole nitrogens is 1. The van der Waals surface area contributed by atoms with Gasteiger partial charge in [-0.25, -0.2) is 4.79 Å². The highest BCUT2D eigenvalue weighted by molar-refractivity contribution is 7.71. The Balaban J connectivity index is 2.75. The van der Waals surface area contributed by atoms with E-state index in [0.717, 1.165) is 10.9 Å². The number of benzene rings is 1. The third-order valence-electron chi connectivity index (χ3n) is 2.76. The molecule has 0 bridgehead atoms. The minimum atomic E-state index is -0.375. The van der Waals surface area contributed by atoms with Crippen LogP contribution < -0.4 is 0 Å². The lowest BCUT2D eigenvalue weighted by molar-refractivity contribution is 0.0379. The number of halogens is 1. The van der Waals surface area contributed by atoms with Gasteiger partial charge < -0.3 is 9.72 Å². The monoisotopic (exact) mass is 295 g/mol. The average molecular weight is 296 g/mol. The smallest absolute Gasteiger partial charge is 0.339 e. The van der Waals surface area contributed by atoms with Gasteiger partial charge in [-0.2, -0.15) is 0 Å². The standard InChI is InChI=1S/C14H14ClNO2S/c1-7(2)18-14(17)12-8(3)13(19)16-11-5-4-9(15)6-10(11)12/h4-7H,1-3H3,(H,16,19). The molecule has 2 rings (SSSR count). The van der Waals surface area contributed by atoms with Gasteiger partial charge in [0, 0.05) is 15.9 Å². The van der Waals surface area contributed by atoms with Gasteiger partial charge in [0.15, 0.2) is 0 Å². The summed E-state index contributed by atoms with van der Waals surface area (Å²) in [6, 6.07) is 5.30. The summed E-state index contributed by atoms with van der Waals surface area (Å²) in [6.07, 6.45) is -0.182. The van der Waals surface area contributed by atoms with Crippen LogP contribution in [0.4, 0.5) is 0 Å². The van der Waals surface area contributed by atoms with Crippen LogP contribution in [-0.2, 0) is 4.74 Å². The minimum Gasteiger partial charge on any atom is -0.459 e. The molecule has 0 aliphatic carbocycles. The van der Waals surface area contributed by atoms with Crippen LogP contribution in [0.5, 0.6) is 0 Å². The first kappa shape index (κ1) is 14.0. The number of nitrogens with one attached hydrogen (secondary N) is 1. The fraction of sp³-hybridized carbons (Fsp3) is 0.286. The van der Waals surface area contributed by atoms with Crippen LogP contribution in [0.1, 0.15) is 29.8 Å². The second kappa shape index (κ2) is 5.31. The highest BCUT2D eigenvalue weighted by Crippen LogP contribution is 2.25. The van der Waals surface area contributed by atoms with E-state index in [2.05, 4.69) is 4.98 Å². The minimum absolute atomic E-state index is 0.182. The second-order valence-corrected chi connectivity index (χ2v) is 5.44. The molecule has 5 heteroatoms. The van der Waals surface area contributed by atoms with Gasteiger partial charge in [-0.3, -0.25) is 0 Å². The molecular formula is C14H14ClNO2S. The molecule has 3 nitrogen and oxygen atoms in total. The van der Waals surface area contributed by atoms with E-state index in [4.69, 9.17) is 28.6 Å². The van der Waals surface area contributed by atoms with Crippen molar-refractivity contribution in [3.05, 3.63) is 39.0 Å². The maximum Gasteiger partial charge on any atom is 0.339 e. The first-order valence-electron chi connectivity index (χ1n) is 5.93. The molecule has 2 aromatic rings. The van der Waals surface area contributed by atoms with Crippen molar-refractivity contribution in [2.75, 3.05) is 0 Å². The maximum atomic E-state index is 12.2. The Labute approximate surface area is 121 Å². The maximum absolute atomic E-state index is 12.2. The number of carbonyl (C=O) groups is 1. The Morgan fingerprint density at radius 2 is 2.11 bits per heavy atom. The van der Waals surface area contributed by atoms with E-state index in [9.17, 15) is 4.79 Å². The molecule has 0 radical (unpaired) electrons. The zero-order valence-corrected chi connectivity index (χ0v) is 12.5. The molecule has 0 aliphatic heterocycles. The molecule has 1 aromatic heterocycles. The van der Waals surface area contributed by atoms with Crippen LogP contribution in [0, 0.1) is 11.6 Å². The molecule has 0 spiro atoms. The quantitative estimate of drug-likeness (QED) is 0.658. The first-order valence-corrected chi connectivity index (χ1v) is 6.72. The molecule has 1 heterocycles. The zero-order chi connectivity index (χ0) is 14.2. The van der Waals surface area contributed by atoms with Gasteiger partial charge in [0.2, 0.25) is 0 Å². The van der Waals surface area contributed by atoms with Crippen molar-refractivity contribution in [2.24, 2.45) is 0 Å². The summed E-state index contributed by atoms with van der Waals surface area (Å²) in [5.74, 6) is -0.375. The Morgan fingerprint density at radius 3 is 2.74 bits per heavy atom. The molecule has 0 atom stereocenters. The number of hydrogen-bond donors (Lipinski definition) is 1. The van der Waals surface area contributed by atoms with Gasteiger partial charge in [-0.1, -0.05) is 23.8 Å². The number of carbonyl (C=O) groups excluding carboxylic acids is 1. The molecule has 0 saturated carbocycles. The van der Waals surface area contributed by atoms with E-state index in [1.807, 2.05) is 13.8 Å². The third kappa shape index (κ3) is 2.80. The van der Waals surface area contributed by atoms with Crippen molar-refractivity contribution in [1.29, 1.82) is 0 Å². The summed E-state index contributed by atoms with van der Waals surface area (Å²) in [5, 5.41) is 1.29. The lowest BCUT2D eigenvalue weighted by atomic mass is 10.0. The van der Waals surface area contributed by atoms with Crippen molar-refractivity contribution in [3.63, 3.8) is 0 Å². The fourth-order valence-corrected chi connectivity index (χ4v) is 2.28. The molecule has 1 aromatic carbocycles. The summed E-state index contributed by atoms with van der Waals surface area (Å²) in [5.41, 5.74) is 1.96. The number of rotatable bonds is 2. The SMILES string of the molecule is Cc1c(C(=O)OC(C)C)c2cc(Cl)ccc2[nH]c1=S. The summed E-state index contributed by atoms with van der Waals surface area (Å²) in [7, 11) is 0. The van der Waals surface area contributed by atoms with Crippen molar-refractivity contribution in [1.82, 2.24) is 4.98 Å². The van der Waals surface area contributed by atoms with Gasteiger partial charge in [0.1, 0.15) is 4.64 Å².